The Kier molecular flexibility index (Phi) is 4.53. The van der Waals surface area contributed by atoms with Gasteiger partial charge in [-0.05, 0) is 37.3 Å². The summed E-state index contributed by atoms with van der Waals surface area (Å²) in [5.41, 5.74) is 5.26. The number of halogens is 3. The van der Waals surface area contributed by atoms with E-state index in [-0.39, 0.29) is 23.9 Å². The molecule has 0 aliphatic carbocycles. The largest absolute Gasteiger partial charge is 0.494 e. The molecular formula is C17H15F3N8O. The van der Waals surface area contributed by atoms with Gasteiger partial charge in [0.2, 0.25) is 0 Å². The van der Waals surface area contributed by atoms with E-state index in [9.17, 15) is 13.2 Å². The monoisotopic (exact) mass is 404 g/mol. The highest BCUT2D eigenvalue weighted by molar-refractivity contribution is 5.90. The van der Waals surface area contributed by atoms with Crippen molar-refractivity contribution in [3.05, 3.63) is 48.2 Å². The van der Waals surface area contributed by atoms with Crippen molar-refractivity contribution < 1.29 is 17.9 Å². The summed E-state index contributed by atoms with van der Waals surface area (Å²) in [5, 5.41) is 15.6. The van der Waals surface area contributed by atoms with Crippen molar-refractivity contribution in [2.75, 3.05) is 6.61 Å². The van der Waals surface area contributed by atoms with Crippen molar-refractivity contribution in [3.63, 3.8) is 0 Å². The Bertz CT molecular complexity index is 1090. The van der Waals surface area contributed by atoms with Gasteiger partial charge in [0.15, 0.2) is 5.69 Å². The van der Waals surface area contributed by atoms with E-state index in [4.69, 9.17) is 10.5 Å². The molecule has 0 saturated heterocycles. The summed E-state index contributed by atoms with van der Waals surface area (Å²) >= 11 is 0. The molecular weight excluding hydrogens is 389 g/mol. The van der Waals surface area contributed by atoms with Crippen molar-refractivity contribution in [3.8, 4) is 17.0 Å². The average molecular weight is 404 g/mol. The molecule has 1 aliphatic heterocycles. The van der Waals surface area contributed by atoms with Crippen LogP contribution in [-0.4, -0.2) is 42.9 Å². The second kappa shape index (κ2) is 7.04. The van der Waals surface area contributed by atoms with Gasteiger partial charge in [-0.1, -0.05) is 0 Å². The average Bonchev–Trinajstić information content (AvgIpc) is 3.28. The summed E-state index contributed by atoms with van der Waals surface area (Å²) in [6.45, 7) is 2.32. The quantitative estimate of drug-likeness (QED) is 0.720. The van der Waals surface area contributed by atoms with Crippen LogP contribution in [0.3, 0.4) is 0 Å². The van der Waals surface area contributed by atoms with Gasteiger partial charge in [-0.25, -0.2) is 4.98 Å². The molecule has 1 aromatic carbocycles. The lowest BCUT2D eigenvalue weighted by molar-refractivity contribution is -0.142. The van der Waals surface area contributed by atoms with E-state index < -0.39 is 11.9 Å². The summed E-state index contributed by atoms with van der Waals surface area (Å²) in [6, 6.07) is 7.52. The van der Waals surface area contributed by atoms with E-state index in [0.29, 0.717) is 28.4 Å². The Balaban J connectivity index is 1.84. The predicted molar refractivity (Wildman–Crippen MR) is 97.4 cm³/mol. The maximum atomic E-state index is 13.7. The minimum atomic E-state index is -4.69. The number of aromatic nitrogens is 5. The Morgan fingerprint density at radius 3 is 2.59 bits per heavy atom. The van der Waals surface area contributed by atoms with Crippen LogP contribution in [0.4, 0.5) is 13.2 Å². The highest BCUT2D eigenvalue weighted by Gasteiger charge is 2.38. The molecule has 0 unspecified atom stereocenters. The van der Waals surface area contributed by atoms with Gasteiger partial charge in [-0.3, -0.25) is 0 Å². The summed E-state index contributed by atoms with van der Waals surface area (Å²) in [7, 11) is 0. The Labute approximate surface area is 162 Å². The van der Waals surface area contributed by atoms with Crippen molar-refractivity contribution in [2.45, 2.75) is 19.5 Å². The van der Waals surface area contributed by atoms with Crippen LogP contribution >= 0.6 is 0 Å². The van der Waals surface area contributed by atoms with E-state index in [1.54, 1.807) is 24.3 Å². The zero-order valence-corrected chi connectivity index (χ0v) is 15.1. The van der Waals surface area contributed by atoms with E-state index in [1.807, 2.05) is 6.92 Å². The molecule has 2 N–H and O–H groups in total. The third kappa shape index (κ3) is 3.56. The molecule has 3 aromatic rings. The Hall–Kier alpha value is -3.70. The van der Waals surface area contributed by atoms with Gasteiger partial charge in [-0.15, -0.1) is 10.2 Å². The summed E-state index contributed by atoms with van der Waals surface area (Å²) < 4.78 is 48.3. The standard InChI is InChI=1S/C17H15F3N8O/c1-2-29-11-5-3-10(4-6-11)12-7-13(17(18,19)20)27(26-12)16-25-24-14(21)8-15-22-9-23-28(15)16/h3-7,9H,2,8H2,1H3,(H2,21,24). The van der Waals surface area contributed by atoms with Crippen LogP contribution in [0.15, 0.2) is 46.9 Å². The molecule has 0 bridgehead atoms. The second-order valence-corrected chi connectivity index (χ2v) is 6.04. The first-order valence-corrected chi connectivity index (χ1v) is 8.57. The predicted octanol–water partition coefficient (Wildman–Crippen LogP) is 2.14. The molecule has 0 amide bonds. The van der Waals surface area contributed by atoms with Crippen LogP contribution in [0.2, 0.25) is 0 Å². The fourth-order valence-corrected chi connectivity index (χ4v) is 2.80. The molecule has 0 radical (unpaired) electrons. The van der Waals surface area contributed by atoms with Gasteiger partial charge < -0.3 is 10.5 Å². The van der Waals surface area contributed by atoms with E-state index in [1.165, 1.54) is 6.33 Å². The molecule has 4 rings (SSSR count). The summed E-state index contributed by atoms with van der Waals surface area (Å²) in [6.07, 6.45) is -3.39. The lowest BCUT2D eigenvalue weighted by Crippen LogP contribution is -2.29. The smallest absolute Gasteiger partial charge is 0.433 e. The molecule has 3 heterocycles. The van der Waals surface area contributed by atoms with E-state index in [0.717, 1.165) is 10.7 Å². The van der Waals surface area contributed by atoms with Gasteiger partial charge in [0.1, 0.15) is 23.7 Å². The summed E-state index contributed by atoms with van der Waals surface area (Å²) in [4.78, 5) is 4.00. The molecule has 0 atom stereocenters. The van der Waals surface area contributed by atoms with Crippen LogP contribution < -0.4 is 10.5 Å². The number of hydrogen-bond acceptors (Lipinski definition) is 7. The first-order valence-electron chi connectivity index (χ1n) is 8.57. The Morgan fingerprint density at radius 1 is 1.14 bits per heavy atom. The first kappa shape index (κ1) is 18.7. The lowest BCUT2D eigenvalue weighted by atomic mass is 10.1. The van der Waals surface area contributed by atoms with Crippen molar-refractivity contribution in [1.29, 1.82) is 0 Å². The molecule has 0 fully saturated rings. The molecule has 0 saturated carbocycles. The molecule has 1 aliphatic rings. The Morgan fingerprint density at radius 2 is 1.90 bits per heavy atom. The molecule has 29 heavy (non-hydrogen) atoms. The minimum Gasteiger partial charge on any atom is -0.494 e. The first-order chi connectivity index (χ1) is 13.9. The third-order valence-electron chi connectivity index (χ3n) is 4.07. The van der Waals surface area contributed by atoms with Crippen LogP contribution in [0.1, 0.15) is 18.4 Å². The van der Waals surface area contributed by atoms with Crippen LogP contribution in [0, 0.1) is 0 Å². The third-order valence-corrected chi connectivity index (χ3v) is 4.07. The number of hydrogen-bond donors (Lipinski definition) is 1. The lowest BCUT2D eigenvalue weighted by Gasteiger charge is -2.11. The van der Waals surface area contributed by atoms with Crippen LogP contribution in [-0.2, 0) is 12.6 Å². The maximum Gasteiger partial charge on any atom is 0.433 e. The van der Waals surface area contributed by atoms with Crippen molar-refractivity contribution in [1.82, 2.24) is 24.5 Å². The van der Waals surface area contributed by atoms with Crippen LogP contribution in [0.5, 0.6) is 5.75 Å². The number of fused-ring (bicyclic) bond motifs is 1. The number of nitrogens with zero attached hydrogens (tertiary/aromatic N) is 7. The number of benzene rings is 1. The van der Waals surface area contributed by atoms with E-state index >= 15 is 0 Å². The SMILES string of the molecule is CCOc1ccc(-c2cc(C(F)(F)F)n(C3=NN=C(N)Cc4ncnn43)n2)cc1. The number of amidine groups is 1. The molecule has 0 spiro atoms. The second-order valence-electron chi connectivity index (χ2n) is 6.04. The molecule has 9 nitrogen and oxygen atoms in total. The molecule has 12 heteroatoms. The zero-order chi connectivity index (χ0) is 20.6. The number of alkyl halides is 3. The van der Waals surface area contributed by atoms with Crippen molar-refractivity contribution >= 4 is 11.8 Å². The molecule has 2 aromatic heterocycles. The minimum absolute atomic E-state index is 0.0986. The van der Waals surface area contributed by atoms with Gasteiger partial charge in [0, 0.05) is 5.56 Å². The molecule has 150 valence electrons. The van der Waals surface area contributed by atoms with E-state index in [2.05, 4.69) is 25.4 Å². The maximum absolute atomic E-state index is 13.7. The normalized spacial score (nSPS) is 14.1. The highest BCUT2D eigenvalue weighted by Crippen LogP contribution is 2.33. The number of ether oxygens (including phenoxy) is 1. The highest BCUT2D eigenvalue weighted by atomic mass is 19.4. The summed E-state index contributed by atoms with van der Waals surface area (Å²) in [5.74, 6) is 0.731. The van der Waals surface area contributed by atoms with Gasteiger partial charge in [-0.2, -0.15) is 32.7 Å². The van der Waals surface area contributed by atoms with Gasteiger partial charge >= 0.3 is 6.18 Å². The number of rotatable bonds is 3. The van der Waals surface area contributed by atoms with Gasteiger partial charge in [0.25, 0.3) is 5.96 Å². The van der Waals surface area contributed by atoms with Crippen molar-refractivity contribution in [2.24, 2.45) is 15.9 Å². The number of nitrogens with two attached hydrogens (primary N) is 1. The zero-order valence-electron chi connectivity index (χ0n) is 15.1. The topological polar surface area (TPSA) is 108 Å². The fraction of sp³-hybridized carbons (Fsp3) is 0.235. The van der Waals surface area contributed by atoms with Gasteiger partial charge in [0.05, 0.1) is 18.7 Å². The fourth-order valence-electron chi connectivity index (χ4n) is 2.80. The van der Waals surface area contributed by atoms with Crippen LogP contribution in [0.25, 0.3) is 11.3 Å².